The normalized spacial score (nSPS) is 10.5. The van der Waals surface area contributed by atoms with Gasteiger partial charge in [-0.15, -0.1) is 11.6 Å². The largest absolute Gasteiger partial charge is 0.293 e. The second-order valence-electron chi connectivity index (χ2n) is 2.92. The first-order chi connectivity index (χ1) is 6.11. The van der Waals surface area contributed by atoms with Gasteiger partial charge in [-0.3, -0.25) is 9.48 Å². The number of aryl methyl sites for hydroxylation is 2. The number of hydrogen-bond donors (Lipinski definition) is 0. The Morgan fingerprint density at radius 3 is 2.54 bits per heavy atom. The Morgan fingerprint density at radius 2 is 2.15 bits per heavy atom. The minimum absolute atomic E-state index is 0.0249. The van der Waals surface area contributed by atoms with Gasteiger partial charge in [-0.05, 0) is 20.8 Å². The fraction of sp³-hybridized carbons (Fsp3) is 0.556. The van der Waals surface area contributed by atoms with Crippen LogP contribution >= 0.6 is 11.6 Å². The maximum atomic E-state index is 11.4. The number of halogens is 1. The molecule has 0 aliphatic heterocycles. The summed E-state index contributed by atoms with van der Waals surface area (Å²) in [4.78, 5) is 11.4. The lowest BCUT2D eigenvalue weighted by Crippen LogP contribution is -2.04. The van der Waals surface area contributed by atoms with Crippen molar-refractivity contribution in [1.82, 2.24) is 9.78 Å². The molecule has 4 heteroatoms. The predicted molar refractivity (Wildman–Crippen MR) is 52.4 cm³/mol. The van der Waals surface area contributed by atoms with Crippen LogP contribution in [0.5, 0.6) is 0 Å². The van der Waals surface area contributed by atoms with Gasteiger partial charge in [0.25, 0.3) is 0 Å². The van der Waals surface area contributed by atoms with E-state index in [-0.39, 0.29) is 11.7 Å². The molecular weight excluding hydrogens is 188 g/mol. The van der Waals surface area contributed by atoms with E-state index in [4.69, 9.17) is 11.6 Å². The second kappa shape index (κ2) is 3.92. The van der Waals surface area contributed by atoms with Crippen LogP contribution in [0.4, 0.5) is 0 Å². The zero-order chi connectivity index (χ0) is 10.0. The molecule has 1 heterocycles. The van der Waals surface area contributed by atoms with Gasteiger partial charge in [0, 0.05) is 12.2 Å². The number of aromatic nitrogens is 2. The summed E-state index contributed by atoms with van der Waals surface area (Å²) in [7, 11) is 0. The first kappa shape index (κ1) is 10.3. The third kappa shape index (κ3) is 1.75. The van der Waals surface area contributed by atoms with E-state index in [0.29, 0.717) is 5.56 Å². The number of hydrogen-bond acceptors (Lipinski definition) is 2. The minimum Gasteiger partial charge on any atom is -0.293 e. The Morgan fingerprint density at radius 1 is 1.54 bits per heavy atom. The Kier molecular flexibility index (Phi) is 3.09. The third-order valence-electron chi connectivity index (χ3n) is 2.08. The van der Waals surface area contributed by atoms with Crippen molar-refractivity contribution in [3.05, 3.63) is 17.0 Å². The average Bonchev–Trinajstić information content (AvgIpc) is 2.40. The zero-order valence-electron chi connectivity index (χ0n) is 8.09. The Bertz CT molecular complexity index is 331. The van der Waals surface area contributed by atoms with Crippen molar-refractivity contribution in [3.8, 4) is 0 Å². The summed E-state index contributed by atoms with van der Waals surface area (Å²) in [6, 6.07) is 0. The highest BCUT2D eigenvalue weighted by molar-refractivity contribution is 6.30. The van der Waals surface area contributed by atoms with Crippen molar-refractivity contribution < 1.29 is 4.79 Å². The van der Waals surface area contributed by atoms with Crippen LogP contribution in [-0.4, -0.2) is 21.4 Å². The van der Waals surface area contributed by atoms with E-state index in [9.17, 15) is 4.79 Å². The van der Waals surface area contributed by atoms with Crippen molar-refractivity contribution >= 4 is 17.4 Å². The number of carbonyl (C=O) groups is 1. The van der Waals surface area contributed by atoms with Crippen LogP contribution in [0.15, 0.2) is 0 Å². The van der Waals surface area contributed by atoms with Crippen LogP contribution in [0.25, 0.3) is 0 Å². The fourth-order valence-electron chi connectivity index (χ4n) is 1.48. The van der Waals surface area contributed by atoms with Crippen LogP contribution in [0.1, 0.15) is 28.7 Å². The zero-order valence-corrected chi connectivity index (χ0v) is 8.85. The molecule has 0 unspecified atom stereocenters. The van der Waals surface area contributed by atoms with Crippen molar-refractivity contribution in [2.24, 2.45) is 0 Å². The van der Waals surface area contributed by atoms with Gasteiger partial charge in [0.2, 0.25) is 0 Å². The van der Waals surface area contributed by atoms with Crippen molar-refractivity contribution in [2.75, 3.05) is 5.88 Å². The van der Waals surface area contributed by atoms with Crippen LogP contribution in [0.3, 0.4) is 0 Å². The smallest absolute Gasteiger partial charge is 0.181 e. The van der Waals surface area contributed by atoms with Gasteiger partial charge < -0.3 is 0 Å². The van der Waals surface area contributed by atoms with Crippen LogP contribution in [-0.2, 0) is 6.54 Å². The van der Waals surface area contributed by atoms with Crippen molar-refractivity contribution in [3.63, 3.8) is 0 Å². The van der Waals surface area contributed by atoms with Gasteiger partial charge in [0.15, 0.2) is 5.78 Å². The molecule has 0 aliphatic carbocycles. The molecule has 1 rings (SSSR count). The SMILES string of the molecule is CCn1nc(C)c(C(=O)CCl)c1C. The highest BCUT2D eigenvalue weighted by atomic mass is 35.5. The summed E-state index contributed by atoms with van der Waals surface area (Å²) in [6.07, 6.45) is 0. The summed E-state index contributed by atoms with van der Waals surface area (Å²) in [5, 5.41) is 4.23. The van der Waals surface area contributed by atoms with Gasteiger partial charge in [-0.2, -0.15) is 5.10 Å². The summed E-state index contributed by atoms with van der Waals surface area (Å²) in [6.45, 7) is 6.50. The van der Waals surface area contributed by atoms with Gasteiger partial charge in [-0.25, -0.2) is 0 Å². The summed E-state index contributed by atoms with van der Waals surface area (Å²) >= 11 is 5.50. The maximum absolute atomic E-state index is 11.4. The fourth-order valence-corrected chi connectivity index (χ4v) is 1.61. The van der Waals surface area contributed by atoms with E-state index in [1.165, 1.54) is 0 Å². The van der Waals surface area contributed by atoms with Crippen molar-refractivity contribution in [1.29, 1.82) is 0 Å². The number of ketones is 1. The minimum atomic E-state index is -0.0450. The number of Topliss-reactive ketones (excluding diaryl/α,β-unsaturated/α-hetero) is 1. The van der Waals surface area contributed by atoms with E-state index < -0.39 is 0 Å². The topological polar surface area (TPSA) is 34.9 Å². The molecule has 0 bridgehead atoms. The lowest BCUT2D eigenvalue weighted by atomic mass is 10.1. The number of carbonyl (C=O) groups excluding carboxylic acids is 1. The molecule has 0 radical (unpaired) electrons. The van der Waals surface area contributed by atoms with Gasteiger partial charge in [0.1, 0.15) is 0 Å². The molecule has 0 fully saturated rings. The Labute approximate surface area is 82.7 Å². The third-order valence-corrected chi connectivity index (χ3v) is 2.32. The summed E-state index contributed by atoms with van der Waals surface area (Å²) in [5.74, 6) is -0.0201. The molecule has 0 saturated carbocycles. The van der Waals surface area contributed by atoms with E-state index in [1.807, 2.05) is 25.5 Å². The van der Waals surface area contributed by atoms with Crippen LogP contribution in [0, 0.1) is 13.8 Å². The van der Waals surface area contributed by atoms with Crippen LogP contribution in [0.2, 0.25) is 0 Å². The van der Waals surface area contributed by atoms with E-state index in [2.05, 4.69) is 5.10 Å². The quantitative estimate of drug-likeness (QED) is 0.552. The van der Waals surface area contributed by atoms with E-state index in [0.717, 1.165) is 17.9 Å². The highest BCUT2D eigenvalue weighted by Gasteiger charge is 2.16. The van der Waals surface area contributed by atoms with Gasteiger partial charge in [0.05, 0.1) is 17.1 Å². The molecule has 1 aromatic rings. The molecule has 13 heavy (non-hydrogen) atoms. The van der Waals surface area contributed by atoms with Crippen molar-refractivity contribution in [2.45, 2.75) is 27.3 Å². The second-order valence-corrected chi connectivity index (χ2v) is 3.19. The number of nitrogens with zero attached hydrogens (tertiary/aromatic N) is 2. The van der Waals surface area contributed by atoms with E-state index in [1.54, 1.807) is 0 Å². The first-order valence-corrected chi connectivity index (χ1v) is 4.78. The molecule has 0 spiro atoms. The molecule has 72 valence electrons. The molecule has 0 aliphatic rings. The molecule has 0 atom stereocenters. The van der Waals surface area contributed by atoms with Gasteiger partial charge >= 0.3 is 0 Å². The highest BCUT2D eigenvalue weighted by Crippen LogP contribution is 2.14. The molecule has 0 aromatic carbocycles. The molecular formula is C9H13ClN2O. The van der Waals surface area contributed by atoms with E-state index >= 15 is 0 Å². The monoisotopic (exact) mass is 200 g/mol. The van der Waals surface area contributed by atoms with Crippen LogP contribution < -0.4 is 0 Å². The Balaban J connectivity index is 3.20. The maximum Gasteiger partial charge on any atom is 0.181 e. The number of alkyl halides is 1. The summed E-state index contributed by atoms with van der Waals surface area (Å²) < 4.78 is 1.81. The average molecular weight is 201 g/mol. The number of rotatable bonds is 3. The molecule has 1 aromatic heterocycles. The Hall–Kier alpha value is -0.830. The summed E-state index contributed by atoms with van der Waals surface area (Å²) in [5.41, 5.74) is 2.35. The lowest BCUT2D eigenvalue weighted by molar-refractivity contribution is 0.102. The first-order valence-electron chi connectivity index (χ1n) is 4.25. The predicted octanol–water partition coefficient (Wildman–Crippen LogP) is 1.94. The molecule has 0 saturated heterocycles. The van der Waals surface area contributed by atoms with Gasteiger partial charge in [-0.1, -0.05) is 0 Å². The molecule has 0 N–H and O–H groups in total. The molecule has 3 nitrogen and oxygen atoms in total. The molecule has 0 amide bonds. The lowest BCUT2D eigenvalue weighted by Gasteiger charge is -1.99. The standard InChI is InChI=1S/C9H13ClN2O/c1-4-12-7(3)9(6(2)11-12)8(13)5-10/h4-5H2,1-3H3.